The highest BCUT2D eigenvalue weighted by atomic mass is 35.5. The number of nitrogens with one attached hydrogen (secondary N) is 1. The molecule has 10 heteroatoms. The monoisotopic (exact) mass is 561 g/mol. The Kier molecular flexibility index (Phi) is 7.54. The maximum atomic E-state index is 14.1. The second kappa shape index (κ2) is 10.8. The molecule has 9 nitrogen and oxygen atoms in total. The first-order chi connectivity index (χ1) is 19.0. The number of anilines is 1. The quantitative estimate of drug-likeness (QED) is 0.336. The summed E-state index contributed by atoms with van der Waals surface area (Å²) in [6.07, 6.45) is 1.55. The third-order valence-electron chi connectivity index (χ3n) is 7.51. The number of aryl methyl sites for hydroxylation is 1. The number of phenolic OH excluding ortho intramolecular Hbond substituents is 1. The summed E-state index contributed by atoms with van der Waals surface area (Å²) in [6.45, 7) is 15.8. The molecule has 0 spiro atoms. The highest BCUT2D eigenvalue weighted by Crippen LogP contribution is 2.37. The van der Waals surface area contributed by atoms with Crippen molar-refractivity contribution in [3.05, 3.63) is 63.1 Å². The van der Waals surface area contributed by atoms with Crippen LogP contribution in [0.2, 0.25) is 5.02 Å². The molecule has 0 bridgehead atoms. The number of aromatic nitrogens is 5. The molecule has 1 saturated heterocycles. The number of pyridine rings is 1. The van der Waals surface area contributed by atoms with E-state index in [4.69, 9.17) is 16.6 Å². The lowest BCUT2D eigenvalue weighted by Crippen LogP contribution is -2.55. The van der Waals surface area contributed by atoms with Gasteiger partial charge < -0.3 is 15.3 Å². The van der Waals surface area contributed by atoms with Crippen LogP contribution in [0, 0.1) is 6.92 Å². The second-order valence-electron chi connectivity index (χ2n) is 11.4. The molecule has 5 rings (SSSR count). The van der Waals surface area contributed by atoms with Crippen LogP contribution >= 0.6 is 11.6 Å². The Hall–Kier alpha value is -3.56. The average Bonchev–Trinajstić information content (AvgIpc) is 2.90. The van der Waals surface area contributed by atoms with Crippen molar-refractivity contribution in [2.45, 2.75) is 72.4 Å². The molecule has 210 valence electrons. The SMILES string of the molecule is Cc1ccc(O)cc1-c1nc2c(cc1Cl)c(N1C[C@@H](C)NC[C@@H]1C)nc(=O)n2-c1c(C(C)C)ncnc1C(C)C. The number of aromatic hydroxyl groups is 1. The molecule has 40 heavy (non-hydrogen) atoms. The maximum absolute atomic E-state index is 14.1. The fraction of sp³-hybridized carbons (Fsp3) is 0.433. The van der Waals surface area contributed by atoms with Crippen LogP contribution in [0.4, 0.5) is 5.82 Å². The summed E-state index contributed by atoms with van der Waals surface area (Å²) in [5.74, 6) is 0.702. The molecular weight excluding hydrogens is 526 g/mol. The number of phenols is 1. The van der Waals surface area contributed by atoms with Gasteiger partial charge in [-0.3, -0.25) is 0 Å². The van der Waals surface area contributed by atoms with Crippen molar-refractivity contribution < 1.29 is 5.11 Å². The molecule has 1 fully saturated rings. The molecule has 4 heterocycles. The van der Waals surface area contributed by atoms with E-state index in [9.17, 15) is 9.90 Å². The third kappa shape index (κ3) is 4.92. The lowest BCUT2D eigenvalue weighted by molar-refractivity contribution is 0.423. The predicted octanol–water partition coefficient (Wildman–Crippen LogP) is 5.34. The van der Waals surface area contributed by atoms with Gasteiger partial charge in [-0.2, -0.15) is 4.98 Å². The van der Waals surface area contributed by atoms with Gasteiger partial charge in [-0.05, 0) is 56.4 Å². The number of rotatable bonds is 5. The molecule has 0 saturated carbocycles. The Bertz CT molecular complexity index is 1620. The van der Waals surface area contributed by atoms with Crippen LogP contribution < -0.4 is 15.9 Å². The van der Waals surface area contributed by atoms with E-state index >= 15 is 0 Å². The molecule has 1 aromatic carbocycles. The summed E-state index contributed by atoms with van der Waals surface area (Å²) in [4.78, 5) is 35.2. The van der Waals surface area contributed by atoms with Crippen molar-refractivity contribution in [3.63, 3.8) is 0 Å². The van der Waals surface area contributed by atoms with Gasteiger partial charge in [0.2, 0.25) is 0 Å². The second-order valence-corrected chi connectivity index (χ2v) is 11.8. The molecule has 1 aliphatic rings. The molecule has 4 aromatic rings. The highest BCUT2D eigenvalue weighted by Gasteiger charge is 2.30. The maximum Gasteiger partial charge on any atom is 0.355 e. The zero-order valence-corrected chi connectivity index (χ0v) is 24.8. The zero-order valence-electron chi connectivity index (χ0n) is 24.0. The van der Waals surface area contributed by atoms with E-state index in [2.05, 4.69) is 39.0 Å². The van der Waals surface area contributed by atoms with Crippen molar-refractivity contribution >= 4 is 28.5 Å². The van der Waals surface area contributed by atoms with Gasteiger partial charge in [0, 0.05) is 30.7 Å². The summed E-state index contributed by atoms with van der Waals surface area (Å²) < 4.78 is 1.55. The topological polar surface area (TPSA) is 109 Å². The van der Waals surface area contributed by atoms with E-state index < -0.39 is 5.69 Å². The number of nitrogens with zero attached hydrogens (tertiary/aromatic N) is 6. The normalized spacial score (nSPS) is 17.8. The van der Waals surface area contributed by atoms with Gasteiger partial charge in [0.05, 0.1) is 33.2 Å². The number of hydrogen-bond acceptors (Lipinski definition) is 8. The summed E-state index contributed by atoms with van der Waals surface area (Å²) in [5.41, 5.74) is 4.13. The minimum absolute atomic E-state index is 0.0197. The van der Waals surface area contributed by atoms with Crippen LogP contribution in [0.3, 0.4) is 0 Å². The minimum atomic E-state index is -0.451. The van der Waals surface area contributed by atoms with E-state index in [1.165, 1.54) is 0 Å². The van der Waals surface area contributed by atoms with Crippen LogP contribution in [0.15, 0.2) is 35.4 Å². The van der Waals surface area contributed by atoms with E-state index in [0.717, 1.165) is 23.5 Å². The Labute approximate surface area is 239 Å². The smallest absolute Gasteiger partial charge is 0.355 e. The largest absolute Gasteiger partial charge is 0.508 e. The number of benzene rings is 1. The molecule has 1 aliphatic heterocycles. The number of fused-ring (bicyclic) bond motifs is 1. The fourth-order valence-corrected chi connectivity index (χ4v) is 5.63. The molecular formula is C30H36ClN7O2. The molecule has 0 amide bonds. The highest BCUT2D eigenvalue weighted by molar-refractivity contribution is 6.34. The molecule has 2 atom stereocenters. The lowest BCUT2D eigenvalue weighted by atomic mass is 10.0. The van der Waals surface area contributed by atoms with Crippen molar-refractivity contribution in [2.75, 3.05) is 18.0 Å². The minimum Gasteiger partial charge on any atom is -0.508 e. The van der Waals surface area contributed by atoms with Crippen LogP contribution in [-0.4, -0.2) is 54.8 Å². The van der Waals surface area contributed by atoms with Crippen LogP contribution in [0.1, 0.15) is 70.3 Å². The molecule has 2 N–H and O–H groups in total. The first kappa shape index (κ1) is 28.0. The number of piperazine rings is 1. The van der Waals surface area contributed by atoms with Gasteiger partial charge in [0.25, 0.3) is 0 Å². The molecule has 0 aliphatic carbocycles. The predicted molar refractivity (Wildman–Crippen MR) is 160 cm³/mol. The van der Waals surface area contributed by atoms with Crippen molar-refractivity contribution in [2.24, 2.45) is 0 Å². The molecule has 3 aromatic heterocycles. The number of hydrogen-bond donors (Lipinski definition) is 2. The zero-order chi connectivity index (χ0) is 28.9. The van der Waals surface area contributed by atoms with Crippen LogP contribution in [0.25, 0.3) is 28.0 Å². The van der Waals surface area contributed by atoms with E-state index in [1.54, 1.807) is 23.0 Å². The Morgan fingerprint density at radius 3 is 2.38 bits per heavy atom. The molecule has 0 unspecified atom stereocenters. The van der Waals surface area contributed by atoms with E-state index in [1.807, 2.05) is 46.8 Å². The van der Waals surface area contributed by atoms with Crippen LogP contribution in [-0.2, 0) is 0 Å². The first-order valence-electron chi connectivity index (χ1n) is 13.8. The summed E-state index contributed by atoms with van der Waals surface area (Å²) in [6, 6.07) is 7.26. The van der Waals surface area contributed by atoms with Gasteiger partial charge in [-0.25, -0.2) is 24.3 Å². The van der Waals surface area contributed by atoms with Gasteiger partial charge in [0.15, 0.2) is 5.65 Å². The standard InChI is InChI=1S/C30H36ClN7O2/c1-15(2)24-27(25(16(3)4)34-14-33-24)38-29-22(28(36-30(38)40)37-13-18(6)32-12-19(37)7)11-23(31)26(35-29)21-10-20(39)9-8-17(21)5/h8-11,14-16,18-19,32,39H,12-13H2,1-7H3/t18-,19+/m1/s1. The van der Waals surface area contributed by atoms with Crippen LogP contribution in [0.5, 0.6) is 5.75 Å². The summed E-state index contributed by atoms with van der Waals surface area (Å²) >= 11 is 6.92. The fourth-order valence-electron chi connectivity index (χ4n) is 5.38. The average molecular weight is 562 g/mol. The lowest BCUT2D eigenvalue weighted by Gasteiger charge is -2.38. The Morgan fingerprint density at radius 2 is 1.73 bits per heavy atom. The van der Waals surface area contributed by atoms with Gasteiger partial charge in [-0.1, -0.05) is 45.4 Å². The van der Waals surface area contributed by atoms with Gasteiger partial charge >= 0.3 is 5.69 Å². The van der Waals surface area contributed by atoms with Crippen molar-refractivity contribution in [1.29, 1.82) is 0 Å². The summed E-state index contributed by atoms with van der Waals surface area (Å²) in [5, 5.41) is 14.8. The Morgan fingerprint density at radius 1 is 1.05 bits per heavy atom. The third-order valence-corrected chi connectivity index (χ3v) is 7.80. The van der Waals surface area contributed by atoms with E-state index in [-0.39, 0.29) is 29.7 Å². The van der Waals surface area contributed by atoms with Gasteiger partial charge in [-0.15, -0.1) is 0 Å². The van der Waals surface area contributed by atoms with Crippen molar-refractivity contribution in [3.8, 4) is 22.7 Å². The molecule has 0 radical (unpaired) electrons. The Balaban J connectivity index is 1.93. The van der Waals surface area contributed by atoms with Crippen molar-refractivity contribution in [1.82, 2.24) is 29.8 Å². The number of halogens is 1. The van der Waals surface area contributed by atoms with E-state index in [0.29, 0.717) is 45.4 Å². The van der Waals surface area contributed by atoms with Gasteiger partial charge in [0.1, 0.15) is 17.9 Å². The summed E-state index contributed by atoms with van der Waals surface area (Å²) in [7, 11) is 0. The first-order valence-corrected chi connectivity index (χ1v) is 14.1.